The average Bonchev–Trinajstić information content (AvgIpc) is 2.99. The zero-order valence-electron chi connectivity index (χ0n) is 10.3. The van der Waals surface area contributed by atoms with Gasteiger partial charge in [-0.05, 0) is 43.8 Å². The molecule has 0 aliphatic carbocycles. The lowest BCUT2D eigenvalue weighted by molar-refractivity contribution is -0.122. The number of nitrogens with two attached hydrogens (primary N) is 1. The normalized spacial score (nSPS) is 20.1. The summed E-state index contributed by atoms with van der Waals surface area (Å²) in [6.45, 7) is 1.70. The van der Waals surface area contributed by atoms with Crippen LogP contribution in [0, 0.1) is 0 Å². The second-order valence-electron chi connectivity index (χ2n) is 4.60. The van der Waals surface area contributed by atoms with Gasteiger partial charge in [0.1, 0.15) is 0 Å². The van der Waals surface area contributed by atoms with Crippen molar-refractivity contribution in [1.29, 1.82) is 0 Å². The second-order valence-corrected chi connectivity index (χ2v) is 5.55. The lowest BCUT2D eigenvalue weighted by Gasteiger charge is -2.21. The summed E-state index contributed by atoms with van der Waals surface area (Å²) in [6.07, 6.45) is 3.21. The molecule has 0 spiro atoms. The minimum absolute atomic E-state index is 0.123. The number of likely N-dealkylation sites (tertiary alicyclic amines) is 1. The van der Waals surface area contributed by atoms with E-state index >= 15 is 0 Å². The smallest absolute Gasteiger partial charge is 0.234 e. The van der Waals surface area contributed by atoms with E-state index < -0.39 is 0 Å². The van der Waals surface area contributed by atoms with E-state index in [0.29, 0.717) is 6.42 Å². The molecule has 2 rings (SSSR count). The minimum Gasteiger partial charge on any atom is -0.368 e. The number of Topliss-reactive ketones (excluding diaryl/α,β-unsaturated/α-hetero) is 1. The highest BCUT2D eigenvalue weighted by Gasteiger charge is 2.28. The zero-order chi connectivity index (χ0) is 13.0. The van der Waals surface area contributed by atoms with E-state index in [1.165, 1.54) is 11.3 Å². The number of rotatable bonds is 6. The molecule has 4 nitrogen and oxygen atoms in total. The van der Waals surface area contributed by atoms with E-state index in [0.717, 1.165) is 37.2 Å². The molecule has 1 saturated heterocycles. The highest BCUT2D eigenvalue weighted by molar-refractivity contribution is 7.12. The first kappa shape index (κ1) is 13.2. The fraction of sp³-hybridized carbons (Fsp3) is 0.538. The Bertz CT molecular complexity index is 417. The van der Waals surface area contributed by atoms with Crippen LogP contribution in [0.5, 0.6) is 0 Å². The third-order valence-corrected chi connectivity index (χ3v) is 4.25. The summed E-state index contributed by atoms with van der Waals surface area (Å²) in [5.74, 6) is -0.0445. The molecule has 2 N–H and O–H groups in total. The Balaban J connectivity index is 1.75. The van der Waals surface area contributed by atoms with Crippen LogP contribution in [0.3, 0.4) is 0 Å². The van der Waals surface area contributed by atoms with Gasteiger partial charge in [0.2, 0.25) is 5.91 Å². The van der Waals surface area contributed by atoms with E-state index in [4.69, 9.17) is 5.73 Å². The lowest BCUT2D eigenvalue weighted by atomic mass is 10.1. The van der Waals surface area contributed by atoms with Crippen LogP contribution in [0.25, 0.3) is 0 Å². The summed E-state index contributed by atoms with van der Waals surface area (Å²) >= 11 is 1.48. The maximum absolute atomic E-state index is 11.8. The van der Waals surface area contributed by atoms with E-state index in [1.807, 2.05) is 17.5 Å². The van der Waals surface area contributed by atoms with Crippen molar-refractivity contribution < 1.29 is 9.59 Å². The van der Waals surface area contributed by atoms with Gasteiger partial charge in [-0.15, -0.1) is 11.3 Å². The molecule has 1 atom stereocenters. The van der Waals surface area contributed by atoms with Crippen LogP contribution in [-0.2, 0) is 4.79 Å². The van der Waals surface area contributed by atoms with Crippen LogP contribution in [-0.4, -0.2) is 35.7 Å². The van der Waals surface area contributed by atoms with Gasteiger partial charge in [0.05, 0.1) is 10.9 Å². The average molecular weight is 266 g/mol. The summed E-state index contributed by atoms with van der Waals surface area (Å²) in [5, 5.41) is 1.91. The Labute approximate surface area is 111 Å². The van der Waals surface area contributed by atoms with Gasteiger partial charge < -0.3 is 5.73 Å². The van der Waals surface area contributed by atoms with Gasteiger partial charge in [0.25, 0.3) is 0 Å². The molecule has 0 aromatic carbocycles. The second kappa shape index (κ2) is 6.11. The van der Waals surface area contributed by atoms with Gasteiger partial charge in [-0.1, -0.05) is 6.07 Å². The number of hydrogen-bond acceptors (Lipinski definition) is 4. The molecule has 2 heterocycles. The van der Waals surface area contributed by atoms with Crippen molar-refractivity contribution in [3.63, 3.8) is 0 Å². The Kier molecular flexibility index (Phi) is 4.49. The van der Waals surface area contributed by atoms with Gasteiger partial charge in [0.15, 0.2) is 5.78 Å². The van der Waals surface area contributed by atoms with Gasteiger partial charge in [-0.2, -0.15) is 0 Å². The summed E-state index contributed by atoms with van der Waals surface area (Å²) < 4.78 is 0. The lowest BCUT2D eigenvalue weighted by Crippen LogP contribution is -2.40. The maximum atomic E-state index is 11.8. The quantitative estimate of drug-likeness (QED) is 0.796. The third-order valence-electron chi connectivity index (χ3n) is 3.34. The predicted octanol–water partition coefficient (Wildman–Crippen LogP) is 1.66. The van der Waals surface area contributed by atoms with Crippen LogP contribution < -0.4 is 5.73 Å². The van der Waals surface area contributed by atoms with Crippen molar-refractivity contribution in [1.82, 2.24) is 4.90 Å². The summed E-state index contributed by atoms with van der Waals surface area (Å²) in [6, 6.07) is 3.62. The summed E-state index contributed by atoms with van der Waals surface area (Å²) in [5.41, 5.74) is 5.35. The topological polar surface area (TPSA) is 63.4 Å². The van der Waals surface area contributed by atoms with Crippen molar-refractivity contribution in [3.05, 3.63) is 22.4 Å². The first-order valence-corrected chi connectivity index (χ1v) is 7.16. The van der Waals surface area contributed by atoms with Crippen molar-refractivity contribution >= 4 is 23.0 Å². The highest BCUT2D eigenvalue weighted by Crippen LogP contribution is 2.18. The molecule has 0 radical (unpaired) electrons. The molecule has 1 aromatic heterocycles. The van der Waals surface area contributed by atoms with E-state index in [1.54, 1.807) is 0 Å². The van der Waals surface area contributed by atoms with Crippen LogP contribution >= 0.6 is 11.3 Å². The molecule has 1 fully saturated rings. The van der Waals surface area contributed by atoms with Gasteiger partial charge in [-0.25, -0.2) is 0 Å². The van der Waals surface area contributed by atoms with Crippen LogP contribution in [0.1, 0.15) is 35.4 Å². The van der Waals surface area contributed by atoms with Crippen molar-refractivity contribution in [2.45, 2.75) is 31.7 Å². The highest BCUT2D eigenvalue weighted by atomic mass is 32.1. The van der Waals surface area contributed by atoms with E-state index in [-0.39, 0.29) is 17.7 Å². The molecule has 98 valence electrons. The van der Waals surface area contributed by atoms with Crippen molar-refractivity contribution in [3.8, 4) is 0 Å². The molecule has 0 saturated carbocycles. The Morgan fingerprint density at radius 2 is 2.33 bits per heavy atom. The van der Waals surface area contributed by atoms with Gasteiger partial charge >= 0.3 is 0 Å². The molecular weight excluding hydrogens is 248 g/mol. The molecule has 1 aliphatic heterocycles. The predicted molar refractivity (Wildman–Crippen MR) is 71.7 cm³/mol. The Morgan fingerprint density at radius 1 is 1.50 bits per heavy atom. The molecular formula is C13H18N2O2S. The van der Waals surface area contributed by atoms with Crippen LogP contribution in [0.4, 0.5) is 0 Å². The number of primary amides is 1. The van der Waals surface area contributed by atoms with Gasteiger partial charge in [0, 0.05) is 6.42 Å². The summed E-state index contributed by atoms with van der Waals surface area (Å²) in [4.78, 5) is 25.9. The SMILES string of the molecule is NC(=O)C1CCCN1CCCC(=O)c1cccs1. The first-order valence-electron chi connectivity index (χ1n) is 6.28. The van der Waals surface area contributed by atoms with Crippen LogP contribution in [0.15, 0.2) is 17.5 Å². The number of hydrogen-bond donors (Lipinski definition) is 1. The largest absolute Gasteiger partial charge is 0.368 e. The molecule has 1 unspecified atom stereocenters. The number of carbonyl (C=O) groups excluding carboxylic acids is 2. The standard InChI is InChI=1S/C13H18N2O2S/c14-13(17)10-4-1-7-15(10)8-2-5-11(16)12-6-3-9-18-12/h3,6,9-10H,1-2,4-5,7-8H2,(H2,14,17). The molecule has 1 aliphatic rings. The molecule has 1 amide bonds. The molecule has 0 bridgehead atoms. The van der Waals surface area contributed by atoms with Crippen LogP contribution in [0.2, 0.25) is 0 Å². The number of nitrogens with zero attached hydrogens (tertiary/aromatic N) is 1. The monoisotopic (exact) mass is 266 g/mol. The zero-order valence-corrected chi connectivity index (χ0v) is 11.1. The third kappa shape index (κ3) is 3.17. The number of thiophene rings is 1. The Hall–Kier alpha value is -1.20. The summed E-state index contributed by atoms with van der Waals surface area (Å²) in [7, 11) is 0. The van der Waals surface area contributed by atoms with Crippen molar-refractivity contribution in [2.24, 2.45) is 5.73 Å². The van der Waals surface area contributed by atoms with E-state index in [9.17, 15) is 9.59 Å². The van der Waals surface area contributed by atoms with Gasteiger partial charge in [-0.3, -0.25) is 14.5 Å². The fourth-order valence-electron chi connectivity index (χ4n) is 2.42. The molecule has 18 heavy (non-hydrogen) atoms. The van der Waals surface area contributed by atoms with E-state index in [2.05, 4.69) is 4.90 Å². The number of amides is 1. The first-order chi connectivity index (χ1) is 8.68. The maximum Gasteiger partial charge on any atom is 0.234 e. The number of ketones is 1. The molecule has 5 heteroatoms. The Morgan fingerprint density at radius 3 is 3.00 bits per heavy atom. The molecule has 1 aromatic rings. The number of carbonyl (C=O) groups is 2. The van der Waals surface area contributed by atoms with Crippen molar-refractivity contribution in [2.75, 3.05) is 13.1 Å². The minimum atomic E-state index is -0.239. The fourth-order valence-corrected chi connectivity index (χ4v) is 3.11.